The summed E-state index contributed by atoms with van der Waals surface area (Å²) in [5.41, 5.74) is 2.37. The van der Waals surface area contributed by atoms with Crippen molar-refractivity contribution in [2.75, 3.05) is 6.54 Å². The van der Waals surface area contributed by atoms with Crippen LogP contribution in [0.5, 0.6) is 0 Å². The lowest BCUT2D eigenvalue weighted by molar-refractivity contribution is 0.644. The normalized spacial score (nSPS) is 10.6. The van der Waals surface area contributed by atoms with Crippen molar-refractivity contribution in [3.05, 3.63) is 53.9 Å². The zero-order valence-electron chi connectivity index (χ0n) is 9.56. The fourth-order valence-corrected chi connectivity index (χ4v) is 1.61. The molecule has 3 heteroatoms. The summed E-state index contributed by atoms with van der Waals surface area (Å²) >= 11 is 0. The molecule has 1 N–H and O–H groups in total. The van der Waals surface area contributed by atoms with Gasteiger partial charge in [-0.3, -0.25) is 4.68 Å². The van der Waals surface area contributed by atoms with Crippen molar-refractivity contribution in [2.45, 2.75) is 20.0 Å². The minimum atomic E-state index is 0.840. The number of benzene rings is 1. The van der Waals surface area contributed by atoms with E-state index < -0.39 is 0 Å². The first-order valence-corrected chi connectivity index (χ1v) is 5.65. The lowest BCUT2D eigenvalue weighted by Gasteiger charge is -2.01. The second kappa shape index (κ2) is 5.47. The Morgan fingerprint density at radius 3 is 2.75 bits per heavy atom. The smallest absolute Gasteiger partial charge is 0.0762 e. The van der Waals surface area contributed by atoms with Gasteiger partial charge < -0.3 is 5.32 Å². The molecule has 1 aromatic carbocycles. The number of hydrogen-bond donors (Lipinski definition) is 1. The molecule has 2 aromatic rings. The monoisotopic (exact) mass is 215 g/mol. The van der Waals surface area contributed by atoms with Crippen LogP contribution in [-0.2, 0) is 13.1 Å². The molecule has 1 heterocycles. The van der Waals surface area contributed by atoms with Crippen LogP contribution in [0.2, 0.25) is 0 Å². The van der Waals surface area contributed by atoms with E-state index in [0.29, 0.717) is 0 Å². The first kappa shape index (κ1) is 10.9. The van der Waals surface area contributed by atoms with E-state index in [4.69, 9.17) is 0 Å². The van der Waals surface area contributed by atoms with Crippen LogP contribution < -0.4 is 5.32 Å². The van der Waals surface area contributed by atoms with Crippen LogP contribution in [-0.4, -0.2) is 16.3 Å². The standard InChI is InChI=1S/C13H17N3/c1-2-14-10-13-8-9-16(15-13)11-12-6-4-3-5-7-12/h3-9,14H,2,10-11H2,1H3. The molecule has 84 valence electrons. The lowest BCUT2D eigenvalue weighted by Crippen LogP contribution is -2.12. The van der Waals surface area contributed by atoms with Crippen molar-refractivity contribution in [1.82, 2.24) is 15.1 Å². The molecule has 0 atom stereocenters. The fraction of sp³-hybridized carbons (Fsp3) is 0.308. The average molecular weight is 215 g/mol. The molecule has 0 aliphatic heterocycles. The molecule has 0 unspecified atom stereocenters. The Hall–Kier alpha value is -1.61. The van der Waals surface area contributed by atoms with Crippen LogP contribution in [0.3, 0.4) is 0 Å². The maximum atomic E-state index is 4.50. The van der Waals surface area contributed by atoms with Gasteiger partial charge in [0.25, 0.3) is 0 Å². The van der Waals surface area contributed by atoms with Crippen molar-refractivity contribution in [3.8, 4) is 0 Å². The van der Waals surface area contributed by atoms with Gasteiger partial charge in [0.2, 0.25) is 0 Å². The molecule has 0 radical (unpaired) electrons. The Morgan fingerprint density at radius 2 is 2.00 bits per heavy atom. The molecule has 0 fully saturated rings. The molecule has 0 bridgehead atoms. The van der Waals surface area contributed by atoms with Crippen molar-refractivity contribution in [2.24, 2.45) is 0 Å². The van der Waals surface area contributed by atoms with Crippen LogP contribution in [0.15, 0.2) is 42.6 Å². The highest BCUT2D eigenvalue weighted by molar-refractivity contribution is 5.15. The van der Waals surface area contributed by atoms with Gasteiger partial charge in [-0.15, -0.1) is 0 Å². The molecule has 1 aromatic heterocycles. The summed E-state index contributed by atoms with van der Waals surface area (Å²) < 4.78 is 1.97. The number of hydrogen-bond acceptors (Lipinski definition) is 2. The zero-order chi connectivity index (χ0) is 11.2. The highest BCUT2D eigenvalue weighted by atomic mass is 15.3. The third kappa shape index (κ3) is 2.94. The minimum Gasteiger partial charge on any atom is -0.311 e. The lowest BCUT2D eigenvalue weighted by atomic mass is 10.2. The van der Waals surface area contributed by atoms with E-state index in [0.717, 1.165) is 25.3 Å². The third-order valence-electron chi connectivity index (χ3n) is 2.44. The van der Waals surface area contributed by atoms with E-state index in [1.54, 1.807) is 0 Å². The van der Waals surface area contributed by atoms with E-state index >= 15 is 0 Å². The third-order valence-corrected chi connectivity index (χ3v) is 2.44. The van der Waals surface area contributed by atoms with E-state index in [2.05, 4.69) is 47.7 Å². The summed E-state index contributed by atoms with van der Waals surface area (Å²) in [6, 6.07) is 12.4. The summed E-state index contributed by atoms with van der Waals surface area (Å²) in [7, 11) is 0. The quantitative estimate of drug-likeness (QED) is 0.827. The van der Waals surface area contributed by atoms with E-state index in [1.807, 2.05) is 16.9 Å². The Bertz CT molecular complexity index is 420. The Balaban J connectivity index is 1.97. The summed E-state index contributed by atoms with van der Waals surface area (Å²) in [6.07, 6.45) is 2.03. The summed E-state index contributed by atoms with van der Waals surface area (Å²) in [4.78, 5) is 0. The first-order valence-electron chi connectivity index (χ1n) is 5.65. The number of nitrogens with one attached hydrogen (secondary N) is 1. The van der Waals surface area contributed by atoms with Gasteiger partial charge in [0, 0.05) is 12.7 Å². The summed E-state index contributed by atoms with van der Waals surface area (Å²) in [5.74, 6) is 0. The molecule has 0 spiro atoms. The second-order valence-corrected chi connectivity index (χ2v) is 3.77. The van der Waals surface area contributed by atoms with Crippen LogP contribution in [0.25, 0.3) is 0 Å². The molecule has 0 saturated carbocycles. The molecule has 0 saturated heterocycles. The molecule has 0 aliphatic carbocycles. The number of nitrogens with zero attached hydrogens (tertiary/aromatic N) is 2. The minimum absolute atomic E-state index is 0.840. The molecule has 3 nitrogen and oxygen atoms in total. The van der Waals surface area contributed by atoms with Gasteiger partial charge in [0.15, 0.2) is 0 Å². The van der Waals surface area contributed by atoms with E-state index in [9.17, 15) is 0 Å². The Kier molecular flexibility index (Phi) is 3.72. The molecular formula is C13H17N3. The molecular weight excluding hydrogens is 198 g/mol. The van der Waals surface area contributed by atoms with Gasteiger partial charge in [-0.25, -0.2) is 0 Å². The highest BCUT2D eigenvalue weighted by Crippen LogP contribution is 2.02. The topological polar surface area (TPSA) is 29.9 Å². The number of aromatic nitrogens is 2. The van der Waals surface area contributed by atoms with Gasteiger partial charge in [-0.05, 0) is 18.2 Å². The average Bonchev–Trinajstić information content (AvgIpc) is 2.75. The summed E-state index contributed by atoms with van der Waals surface area (Å²) in [6.45, 7) is 4.76. The first-order chi connectivity index (χ1) is 7.88. The van der Waals surface area contributed by atoms with Crippen LogP contribution in [0, 0.1) is 0 Å². The van der Waals surface area contributed by atoms with Gasteiger partial charge in [0.05, 0.1) is 12.2 Å². The van der Waals surface area contributed by atoms with Gasteiger partial charge in [-0.1, -0.05) is 37.3 Å². The van der Waals surface area contributed by atoms with Gasteiger partial charge in [0.1, 0.15) is 0 Å². The Labute approximate surface area is 96.1 Å². The molecule has 0 amide bonds. The molecule has 16 heavy (non-hydrogen) atoms. The van der Waals surface area contributed by atoms with Crippen molar-refractivity contribution in [1.29, 1.82) is 0 Å². The molecule has 0 aliphatic rings. The predicted molar refractivity (Wildman–Crippen MR) is 65.2 cm³/mol. The van der Waals surface area contributed by atoms with Crippen LogP contribution >= 0.6 is 0 Å². The van der Waals surface area contributed by atoms with Crippen molar-refractivity contribution in [3.63, 3.8) is 0 Å². The summed E-state index contributed by atoms with van der Waals surface area (Å²) in [5, 5.41) is 7.76. The second-order valence-electron chi connectivity index (χ2n) is 3.77. The maximum absolute atomic E-state index is 4.50. The Morgan fingerprint density at radius 1 is 1.19 bits per heavy atom. The van der Waals surface area contributed by atoms with Crippen LogP contribution in [0.1, 0.15) is 18.2 Å². The van der Waals surface area contributed by atoms with E-state index in [1.165, 1.54) is 5.56 Å². The highest BCUT2D eigenvalue weighted by Gasteiger charge is 1.98. The fourth-order valence-electron chi connectivity index (χ4n) is 1.61. The van der Waals surface area contributed by atoms with Gasteiger partial charge in [-0.2, -0.15) is 5.10 Å². The SMILES string of the molecule is CCNCc1ccn(Cc2ccccc2)n1. The van der Waals surface area contributed by atoms with Crippen molar-refractivity contribution < 1.29 is 0 Å². The van der Waals surface area contributed by atoms with Gasteiger partial charge >= 0.3 is 0 Å². The zero-order valence-corrected chi connectivity index (χ0v) is 9.56. The largest absolute Gasteiger partial charge is 0.311 e. The number of rotatable bonds is 5. The molecule has 2 rings (SSSR count). The van der Waals surface area contributed by atoms with Crippen LogP contribution in [0.4, 0.5) is 0 Å². The van der Waals surface area contributed by atoms with Crippen molar-refractivity contribution >= 4 is 0 Å². The predicted octanol–water partition coefficient (Wildman–Crippen LogP) is 2.04. The maximum Gasteiger partial charge on any atom is 0.0762 e. The van der Waals surface area contributed by atoms with E-state index in [-0.39, 0.29) is 0 Å².